The van der Waals surface area contributed by atoms with Gasteiger partial charge in [-0.25, -0.2) is 0 Å². The number of nitrogens with one attached hydrogen (secondary N) is 1. The minimum Gasteiger partial charge on any atom is -0.495 e. The summed E-state index contributed by atoms with van der Waals surface area (Å²) in [5.41, 5.74) is 10.2. The van der Waals surface area contributed by atoms with Crippen LogP contribution >= 0.6 is 0 Å². The average molecular weight is 301 g/mol. The highest BCUT2D eigenvalue weighted by molar-refractivity contribution is 5.93. The van der Waals surface area contributed by atoms with Gasteiger partial charge in [0.2, 0.25) is 0 Å². The predicted molar refractivity (Wildman–Crippen MR) is 89.5 cm³/mol. The van der Waals surface area contributed by atoms with Gasteiger partial charge in [-0.2, -0.15) is 5.10 Å². The Morgan fingerprint density at radius 2 is 2.09 bits per heavy atom. The van der Waals surface area contributed by atoms with Crippen molar-refractivity contribution in [1.82, 2.24) is 9.78 Å². The normalized spacial score (nSPS) is 11.5. The van der Waals surface area contributed by atoms with Crippen LogP contribution in [0, 0.1) is 13.8 Å². The second kappa shape index (κ2) is 6.98. The molecule has 0 unspecified atom stereocenters. The van der Waals surface area contributed by atoms with Crippen LogP contribution in [0.5, 0.6) is 5.75 Å². The number of hydrogen-bond donors (Lipinski definition) is 2. The summed E-state index contributed by atoms with van der Waals surface area (Å²) in [6, 6.07) is 7.60. The Labute approximate surface area is 131 Å². The van der Waals surface area contributed by atoms with Crippen molar-refractivity contribution >= 4 is 11.6 Å². The second-order valence-electron chi connectivity index (χ2n) is 5.12. The molecule has 0 aliphatic carbocycles. The fraction of sp³-hybridized carbons (Fsp3) is 0.375. The Hall–Kier alpha value is -2.50. The van der Waals surface area contributed by atoms with Gasteiger partial charge < -0.3 is 15.8 Å². The molecular formula is C16H23N5O. The van der Waals surface area contributed by atoms with Crippen molar-refractivity contribution in [2.24, 2.45) is 17.8 Å². The average Bonchev–Trinajstić information content (AvgIpc) is 2.74. The number of nitrogens with two attached hydrogens (primary N) is 1. The van der Waals surface area contributed by atoms with E-state index in [1.807, 2.05) is 42.9 Å². The molecule has 0 radical (unpaired) electrons. The van der Waals surface area contributed by atoms with Crippen LogP contribution in [0.2, 0.25) is 0 Å². The molecule has 0 fully saturated rings. The van der Waals surface area contributed by atoms with E-state index in [1.54, 1.807) is 7.11 Å². The van der Waals surface area contributed by atoms with E-state index in [-0.39, 0.29) is 0 Å². The van der Waals surface area contributed by atoms with Gasteiger partial charge in [0.05, 0.1) is 18.5 Å². The number of hydrogen-bond acceptors (Lipinski definition) is 3. The van der Waals surface area contributed by atoms with Crippen LogP contribution in [0.3, 0.4) is 0 Å². The van der Waals surface area contributed by atoms with E-state index in [0.717, 1.165) is 23.6 Å². The molecule has 1 aromatic carbocycles. The number of benzene rings is 1. The molecule has 6 nitrogen and oxygen atoms in total. The Kier molecular flexibility index (Phi) is 5.04. The predicted octanol–water partition coefficient (Wildman–Crippen LogP) is 2.01. The van der Waals surface area contributed by atoms with Gasteiger partial charge in [-0.15, -0.1) is 0 Å². The first-order chi connectivity index (χ1) is 10.5. The van der Waals surface area contributed by atoms with Gasteiger partial charge in [-0.1, -0.05) is 12.1 Å². The van der Waals surface area contributed by atoms with Crippen LogP contribution in [0.1, 0.15) is 17.0 Å². The topological polar surface area (TPSA) is 77.5 Å². The lowest BCUT2D eigenvalue weighted by Crippen LogP contribution is -2.23. The molecule has 2 aromatic rings. The van der Waals surface area contributed by atoms with E-state index in [0.29, 0.717) is 12.5 Å². The van der Waals surface area contributed by atoms with Crippen molar-refractivity contribution in [2.75, 3.05) is 19.0 Å². The van der Waals surface area contributed by atoms with Gasteiger partial charge >= 0.3 is 0 Å². The molecule has 118 valence electrons. The number of ether oxygens (including phenoxy) is 1. The molecule has 1 aromatic heterocycles. The molecule has 0 atom stereocenters. The highest BCUT2D eigenvalue weighted by atomic mass is 16.5. The lowest BCUT2D eigenvalue weighted by atomic mass is 10.1. The van der Waals surface area contributed by atoms with E-state index in [1.165, 1.54) is 11.3 Å². The number of para-hydroxylation sites is 2. The third kappa shape index (κ3) is 3.58. The number of guanidine groups is 1. The maximum Gasteiger partial charge on any atom is 0.193 e. The molecular weight excluding hydrogens is 278 g/mol. The summed E-state index contributed by atoms with van der Waals surface area (Å²) in [6.45, 7) is 4.69. The number of aryl methyl sites for hydroxylation is 2. The van der Waals surface area contributed by atoms with Gasteiger partial charge in [-0.3, -0.25) is 9.67 Å². The van der Waals surface area contributed by atoms with Crippen LogP contribution in [0.4, 0.5) is 5.69 Å². The van der Waals surface area contributed by atoms with Crippen LogP contribution in [-0.4, -0.2) is 29.4 Å². The minimum atomic E-state index is 0.378. The molecule has 0 bridgehead atoms. The fourth-order valence-corrected chi connectivity index (χ4v) is 2.39. The zero-order valence-electron chi connectivity index (χ0n) is 13.6. The van der Waals surface area contributed by atoms with E-state index in [9.17, 15) is 0 Å². The Bertz CT molecular complexity index is 675. The van der Waals surface area contributed by atoms with Crippen LogP contribution < -0.4 is 15.8 Å². The molecule has 0 saturated carbocycles. The zero-order chi connectivity index (χ0) is 16.1. The summed E-state index contributed by atoms with van der Waals surface area (Å²) in [5, 5.41) is 7.47. The monoisotopic (exact) mass is 301 g/mol. The maximum absolute atomic E-state index is 5.94. The molecule has 3 N–H and O–H groups in total. The summed E-state index contributed by atoms with van der Waals surface area (Å²) >= 11 is 0. The minimum absolute atomic E-state index is 0.378. The fourth-order valence-electron chi connectivity index (χ4n) is 2.39. The zero-order valence-corrected chi connectivity index (χ0v) is 13.6. The first kappa shape index (κ1) is 15.9. The summed E-state index contributed by atoms with van der Waals surface area (Å²) < 4.78 is 7.16. The molecule has 0 saturated heterocycles. The number of aromatic nitrogens is 2. The summed E-state index contributed by atoms with van der Waals surface area (Å²) in [4.78, 5) is 4.37. The third-order valence-electron chi connectivity index (χ3n) is 3.67. The molecule has 1 heterocycles. The molecule has 0 aliphatic heterocycles. The quantitative estimate of drug-likeness (QED) is 0.654. The van der Waals surface area contributed by atoms with Crippen molar-refractivity contribution in [3.8, 4) is 5.75 Å². The van der Waals surface area contributed by atoms with E-state index in [2.05, 4.69) is 22.3 Å². The van der Waals surface area contributed by atoms with E-state index >= 15 is 0 Å². The highest BCUT2D eigenvalue weighted by Gasteiger charge is 2.08. The third-order valence-corrected chi connectivity index (χ3v) is 3.67. The van der Waals surface area contributed by atoms with Gasteiger partial charge in [-0.05, 0) is 38.0 Å². The molecule has 6 heteroatoms. The molecule has 0 amide bonds. The summed E-state index contributed by atoms with van der Waals surface area (Å²) in [5.74, 6) is 1.11. The van der Waals surface area contributed by atoms with Gasteiger partial charge in [0, 0.05) is 19.3 Å². The lowest BCUT2D eigenvalue weighted by molar-refractivity contribution is 0.417. The molecule has 0 aliphatic rings. The Balaban J connectivity index is 1.98. The van der Waals surface area contributed by atoms with Crippen LogP contribution in [0.15, 0.2) is 29.3 Å². The van der Waals surface area contributed by atoms with Crippen molar-refractivity contribution in [3.05, 3.63) is 41.2 Å². The first-order valence-corrected chi connectivity index (χ1v) is 7.22. The smallest absolute Gasteiger partial charge is 0.193 e. The number of aliphatic imine (C=N–C) groups is 1. The van der Waals surface area contributed by atoms with Crippen LogP contribution in [0.25, 0.3) is 0 Å². The number of methoxy groups -OCH3 is 1. The highest BCUT2D eigenvalue weighted by Crippen LogP contribution is 2.22. The molecule has 22 heavy (non-hydrogen) atoms. The number of rotatable bonds is 5. The number of anilines is 1. The van der Waals surface area contributed by atoms with Crippen molar-refractivity contribution in [3.63, 3.8) is 0 Å². The summed E-state index contributed by atoms with van der Waals surface area (Å²) in [6.07, 6.45) is 0.819. The van der Waals surface area contributed by atoms with Crippen molar-refractivity contribution in [2.45, 2.75) is 20.3 Å². The first-order valence-electron chi connectivity index (χ1n) is 7.22. The number of nitrogens with zero attached hydrogens (tertiary/aromatic N) is 3. The Morgan fingerprint density at radius 1 is 1.36 bits per heavy atom. The van der Waals surface area contributed by atoms with E-state index in [4.69, 9.17) is 10.5 Å². The SMILES string of the molecule is COc1ccccc1NC(N)=NCCc1c(C)nn(C)c1C. The molecule has 0 spiro atoms. The van der Waals surface area contributed by atoms with E-state index < -0.39 is 0 Å². The van der Waals surface area contributed by atoms with Crippen molar-refractivity contribution in [1.29, 1.82) is 0 Å². The second-order valence-corrected chi connectivity index (χ2v) is 5.12. The van der Waals surface area contributed by atoms with Crippen molar-refractivity contribution < 1.29 is 4.74 Å². The summed E-state index contributed by atoms with van der Waals surface area (Å²) in [7, 11) is 3.58. The van der Waals surface area contributed by atoms with Crippen LogP contribution in [-0.2, 0) is 13.5 Å². The largest absolute Gasteiger partial charge is 0.495 e. The molecule has 2 rings (SSSR count). The Morgan fingerprint density at radius 3 is 2.73 bits per heavy atom. The van der Waals surface area contributed by atoms with Gasteiger partial charge in [0.1, 0.15) is 5.75 Å². The van der Waals surface area contributed by atoms with Gasteiger partial charge in [0.15, 0.2) is 5.96 Å². The standard InChI is InChI=1S/C16H23N5O/c1-11-13(12(2)21(3)20-11)9-10-18-16(17)19-14-7-5-6-8-15(14)22-4/h5-8H,9-10H2,1-4H3,(H3,17,18,19). The maximum atomic E-state index is 5.94. The lowest BCUT2D eigenvalue weighted by Gasteiger charge is -2.10. The van der Waals surface area contributed by atoms with Gasteiger partial charge in [0.25, 0.3) is 0 Å².